The first-order valence-corrected chi connectivity index (χ1v) is 6.47. The summed E-state index contributed by atoms with van der Waals surface area (Å²) in [4.78, 5) is 26.7. The van der Waals surface area contributed by atoms with Gasteiger partial charge in [-0.2, -0.15) is 4.98 Å². The van der Waals surface area contributed by atoms with Gasteiger partial charge < -0.3 is 4.90 Å². The molecule has 0 aliphatic carbocycles. The van der Waals surface area contributed by atoms with Gasteiger partial charge in [-0.15, -0.1) is 5.10 Å². The second kappa shape index (κ2) is 5.24. The monoisotopic (exact) mass is 273 g/mol. The third-order valence-corrected chi connectivity index (χ3v) is 3.20. The number of nitrogens with zero attached hydrogens (tertiary/aromatic N) is 5. The number of carbonyl (C=O) groups excluding carboxylic acids is 1. The van der Waals surface area contributed by atoms with Crippen LogP contribution >= 0.6 is 0 Å². The lowest BCUT2D eigenvalue weighted by molar-refractivity contribution is -0.117. The van der Waals surface area contributed by atoms with Gasteiger partial charge in [-0.3, -0.25) is 15.2 Å². The van der Waals surface area contributed by atoms with Crippen LogP contribution in [0.2, 0.25) is 0 Å². The molecule has 1 aliphatic heterocycles. The molecule has 1 atom stereocenters. The van der Waals surface area contributed by atoms with E-state index in [9.17, 15) is 4.79 Å². The molecule has 0 aromatic carbocycles. The van der Waals surface area contributed by atoms with E-state index in [1.165, 1.54) is 0 Å². The Bertz CT molecular complexity index is 597. The number of hydrogen-bond donors (Lipinski definition) is 2. The fourth-order valence-corrected chi connectivity index (χ4v) is 2.31. The summed E-state index contributed by atoms with van der Waals surface area (Å²) >= 11 is 0. The highest BCUT2D eigenvalue weighted by molar-refractivity contribution is 5.95. The summed E-state index contributed by atoms with van der Waals surface area (Å²) in [7, 11) is 0. The third kappa shape index (κ3) is 2.44. The number of aromatic amines is 1. The van der Waals surface area contributed by atoms with E-state index in [0.29, 0.717) is 17.7 Å². The van der Waals surface area contributed by atoms with Crippen LogP contribution in [-0.2, 0) is 4.79 Å². The quantitative estimate of drug-likeness (QED) is 0.845. The van der Waals surface area contributed by atoms with Crippen LogP contribution in [0.3, 0.4) is 0 Å². The maximum Gasteiger partial charge on any atom is 0.249 e. The van der Waals surface area contributed by atoms with Crippen LogP contribution in [0, 0.1) is 6.92 Å². The van der Waals surface area contributed by atoms with Crippen molar-refractivity contribution < 1.29 is 4.79 Å². The zero-order chi connectivity index (χ0) is 13.9. The molecule has 1 amide bonds. The molecule has 1 unspecified atom stereocenters. The number of aromatic nitrogens is 5. The highest BCUT2D eigenvalue weighted by Crippen LogP contribution is 2.22. The first-order valence-electron chi connectivity index (χ1n) is 6.47. The second-order valence-corrected chi connectivity index (χ2v) is 4.63. The Morgan fingerprint density at radius 3 is 2.95 bits per heavy atom. The standard InChI is InChI=1S/C12H15N7O/c1-8-15-11(18-17-8)16-10(20)9-4-2-7-19(9)12-13-5-3-6-14-12/h3,5-6,9H,2,4,7H2,1H3,(H2,15,16,17,18,20). The van der Waals surface area contributed by atoms with Gasteiger partial charge in [0.1, 0.15) is 11.9 Å². The van der Waals surface area contributed by atoms with Crippen LogP contribution in [0.4, 0.5) is 11.9 Å². The second-order valence-electron chi connectivity index (χ2n) is 4.63. The zero-order valence-electron chi connectivity index (χ0n) is 11.1. The largest absolute Gasteiger partial charge is 0.329 e. The molecular weight excluding hydrogens is 258 g/mol. The summed E-state index contributed by atoms with van der Waals surface area (Å²) in [5.41, 5.74) is 0. The fourth-order valence-electron chi connectivity index (χ4n) is 2.31. The molecule has 3 heterocycles. The number of H-pyrrole nitrogens is 1. The lowest BCUT2D eigenvalue weighted by Gasteiger charge is -2.22. The Morgan fingerprint density at radius 1 is 1.45 bits per heavy atom. The van der Waals surface area contributed by atoms with Crippen LogP contribution in [-0.4, -0.2) is 43.6 Å². The van der Waals surface area contributed by atoms with Crippen LogP contribution in [0.1, 0.15) is 18.7 Å². The fraction of sp³-hybridized carbons (Fsp3) is 0.417. The van der Waals surface area contributed by atoms with E-state index in [1.54, 1.807) is 25.4 Å². The zero-order valence-corrected chi connectivity index (χ0v) is 11.1. The van der Waals surface area contributed by atoms with Crippen molar-refractivity contribution in [2.45, 2.75) is 25.8 Å². The number of nitrogens with one attached hydrogen (secondary N) is 2. The van der Waals surface area contributed by atoms with Gasteiger partial charge in [-0.1, -0.05) is 0 Å². The van der Waals surface area contributed by atoms with Gasteiger partial charge in [-0.25, -0.2) is 9.97 Å². The molecule has 1 fully saturated rings. The van der Waals surface area contributed by atoms with Crippen molar-refractivity contribution >= 4 is 17.8 Å². The highest BCUT2D eigenvalue weighted by Gasteiger charge is 2.32. The number of amides is 1. The van der Waals surface area contributed by atoms with Gasteiger partial charge in [-0.05, 0) is 25.8 Å². The molecule has 8 heteroatoms. The van der Waals surface area contributed by atoms with Gasteiger partial charge >= 0.3 is 0 Å². The molecule has 2 aromatic heterocycles. The minimum absolute atomic E-state index is 0.131. The first-order chi connectivity index (χ1) is 9.74. The van der Waals surface area contributed by atoms with E-state index in [1.807, 2.05) is 4.90 Å². The van der Waals surface area contributed by atoms with Crippen LogP contribution in [0.15, 0.2) is 18.5 Å². The molecule has 2 N–H and O–H groups in total. The van der Waals surface area contributed by atoms with E-state index in [-0.39, 0.29) is 11.9 Å². The molecule has 0 radical (unpaired) electrons. The average Bonchev–Trinajstić information content (AvgIpc) is 3.09. The minimum atomic E-state index is -0.281. The lowest BCUT2D eigenvalue weighted by atomic mass is 10.2. The Morgan fingerprint density at radius 2 is 2.25 bits per heavy atom. The number of rotatable bonds is 3. The van der Waals surface area contributed by atoms with Crippen molar-refractivity contribution in [3.8, 4) is 0 Å². The summed E-state index contributed by atoms with van der Waals surface area (Å²) in [5, 5.41) is 9.32. The van der Waals surface area contributed by atoms with Crippen LogP contribution in [0.25, 0.3) is 0 Å². The number of hydrogen-bond acceptors (Lipinski definition) is 6. The van der Waals surface area contributed by atoms with Gasteiger partial charge in [0, 0.05) is 18.9 Å². The number of carbonyl (C=O) groups is 1. The maximum absolute atomic E-state index is 12.3. The Kier molecular flexibility index (Phi) is 3.28. The molecule has 0 bridgehead atoms. The molecule has 3 rings (SSSR count). The van der Waals surface area contributed by atoms with E-state index in [2.05, 4.69) is 30.5 Å². The summed E-state index contributed by atoms with van der Waals surface area (Å²) in [6.07, 6.45) is 5.05. The molecule has 1 aliphatic rings. The number of aryl methyl sites for hydroxylation is 1. The van der Waals surface area contributed by atoms with Gasteiger partial charge in [0.2, 0.25) is 17.8 Å². The molecule has 2 aromatic rings. The topological polar surface area (TPSA) is 99.7 Å². The predicted molar refractivity (Wildman–Crippen MR) is 72.1 cm³/mol. The SMILES string of the molecule is Cc1nc(NC(=O)C2CCCN2c2ncccn2)n[nH]1. The van der Waals surface area contributed by atoms with E-state index < -0.39 is 0 Å². The van der Waals surface area contributed by atoms with Gasteiger partial charge in [0.05, 0.1) is 0 Å². The first kappa shape index (κ1) is 12.5. The van der Waals surface area contributed by atoms with Crippen molar-refractivity contribution in [1.29, 1.82) is 0 Å². The summed E-state index contributed by atoms with van der Waals surface area (Å²) in [5.74, 6) is 1.41. The Hall–Kier alpha value is -2.51. The predicted octanol–water partition coefficient (Wildman–Crippen LogP) is 0.511. The summed E-state index contributed by atoms with van der Waals surface area (Å²) in [6, 6.07) is 1.47. The molecule has 0 saturated carbocycles. The van der Waals surface area contributed by atoms with Gasteiger partial charge in [0.15, 0.2) is 0 Å². The van der Waals surface area contributed by atoms with Crippen molar-refractivity contribution in [1.82, 2.24) is 25.1 Å². The molecule has 0 spiro atoms. The normalized spacial score (nSPS) is 18.2. The lowest BCUT2D eigenvalue weighted by Crippen LogP contribution is -2.40. The van der Waals surface area contributed by atoms with Crippen molar-refractivity contribution in [2.75, 3.05) is 16.8 Å². The molecule has 20 heavy (non-hydrogen) atoms. The number of anilines is 2. The van der Waals surface area contributed by atoms with E-state index in [4.69, 9.17) is 0 Å². The van der Waals surface area contributed by atoms with Crippen LogP contribution < -0.4 is 10.2 Å². The molecule has 8 nitrogen and oxygen atoms in total. The van der Waals surface area contributed by atoms with E-state index in [0.717, 1.165) is 19.4 Å². The van der Waals surface area contributed by atoms with Gasteiger partial charge in [0.25, 0.3) is 0 Å². The average molecular weight is 273 g/mol. The molecule has 1 saturated heterocycles. The highest BCUT2D eigenvalue weighted by atomic mass is 16.2. The van der Waals surface area contributed by atoms with E-state index >= 15 is 0 Å². The third-order valence-electron chi connectivity index (χ3n) is 3.20. The summed E-state index contributed by atoms with van der Waals surface area (Å²) < 4.78 is 0. The van der Waals surface area contributed by atoms with Crippen molar-refractivity contribution in [3.05, 3.63) is 24.3 Å². The molecule has 104 valence electrons. The van der Waals surface area contributed by atoms with Crippen molar-refractivity contribution in [3.63, 3.8) is 0 Å². The maximum atomic E-state index is 12.3. The minimum Gasteiger partial charge on any atom is -0.329 e. The Labute approximate surface area is 115 Å². The van der Waals surface area contributed by atoms with Crippen molar-refractivity contribution in [2.24, 2.45) is 0 Å². The molecular formula is C12H15N7O. The van der Waals surface area contributed by atoms with Crippen LogP contribution in [0.5, 0.6) is 0 Å². The summed E-state index contributed by atoms with van der Waals surface area (Å²) in [6.45, 7) is 2.55. The smallest absolute Gasteiger partial charge is 0.249 e. The Balaban J connectivity index is 1.73.